The summed E-state index contributed by atoms with van der Waals surface area (Å²) in [5.41, 5.74) is 1.92. The number of imidazole rings is 2. The summed E-state index contributed by atoms with van der Waals surface area (Å²) >= 11 is 0. The number of nitrogens with zero attached hydrogens (tertiary/aromatic N) is 2. The number of H-pyrrole nitrogens is 1. The van der Waals surface area contributed by atoms with E-state index in [9.17, 15) is 4.79 Å². The number of aromatic nitrogens is 3. The molecule has 2 N–H and O–H groups in total. The molecule has 0 amide bonds. The molecular formula is C13H17N3O2. The van der Waals surface area contributed by atoms with Gasteiger partial charge in [0.15, 0.2) is 0 Å². The summed E-state index contributed by atoms with van der Waals surface area (Å²) in [7, 11) is 0. The van der Waals surface area contributed by atoms with Crippen molar-refractivity contribution in [3.63, 3.8) is 0 Å². The zero-order valence-electron chi connectivity index (χ0n) is 10.4. The molecule has 2 aromatic heterocycles. The highest BCUT2D eigenvalue weighted by Crippen LogP contribution is 2.33. The van der Waals surface area contributed by atoms with Crippen LogP contribution in [0.5, 0.6) is 0 Å². The van der Waals surface area contributed by atoms with Crippen LogP contribution >= 0.6 is 0 Å². The van der Waals surface area contributed by atoms with Crippen molar-refractivity contribution in [1.29, 1.82) is 0 Å². The molecule has 96 valence electrons. The standard InChI is InChI=1S/C13H17N3O2/c1-8(12(17)18)11-6-14-13-15-10(7-16(11)13)9-4-2-3-5-9/h6-9H,2-5H2,1H3,(H,14,15)(H,17,18). The Balaban J connectivity index is 1.99. The summed E-state index contributed by atoms with van der Waals surface area (Å²) in [6, 6.07) is 0. The normalized spacial score (nSPS) is 18.5. The first-order valence-corrected chi connectivity index (χ1v) is 6.45. The van der Waals surface area contributed by atoms with E-state index in [-0.39, 0.29) is 0 Å². The fraction of sp³-hybridized carbons (Fsp3) is 0.538. The Morgan fingerprint density at radius 1 is 1.56 bits per heavy atom. The number of hydrogen-bond donors (Lipinski definition) is 2. The van der Waals surface area contributed by atoms with Crippen molar-refractivity contribution in [2.45, 2.75) is 44.4 Å². The summed E-state index contributed by atoms with van der Waals surface area (Å²) in [5.74, 6) is -0.0210. The Labute approximate surface area is 105 Å². The van der Waals surface area contributed by atoms with E-state index in [0.717, 1.165) is 11.5 Å². The van der Waals surface area contributed by atoms with E-state index in [1.807, 2.05) is 10.6 Å². The first-order valence-electron chi connectivity index (χ1n) is 6.45. The van der Waals surface area contributed by atoms with Gasteiger partial charge in [-0.3, -0.25) is 9.20 Å². The van der Waals surface area contributed by atoms with Gasteiger partial charge in [0.05, 0.1) is 17.8 Å². The second kappa shape index (κ2) is 4.15. The molecule has 0 aromatic carbocycles. The minimum atomic E-state index is -0.819. The predicted octanol–water partition coefficient (Wildman–Crippen LogP) is 2.51. The molecule has 1 fully saturated rings. The molecule has 0 spiro atoms. The maximum absolute atomic E-state index is 11.1. The largest absolute Gasteiger partial charge is 0.481 e. The molecule has 0 aliphatic heterocycles. The summed E-state index contributed by atoms with van der Waals surface area (Å²) in [4.78, 5) is 18.6. The topological polar surface area (TPSA) is 70.4 Å². The molecule has 1 saturated carbocycles. The molecule has 1 aliphatic rings. The van der Waals surface area contributed by atoms with Gasteiger partial charge in [0.25, 0.3) is 0 Å². The number of nitrogens with one attached hydrogen (secondary N) is 1. The Kier molecular flexibility index (Phi) is 2.61. The Hall–Kier alpha value is -1.78. The van der Waals surface area contributed by atoms with Gasteiger partial charge in [-0.25, -0.2) is 4.98 Å². The lowest BCUT2D eigenvalue weighted by molar-refractivity contribution is -0.138. The summed E-state index contributed by atoms with van der Waals surface area (Å²) in [6.45, 7) is 1.69. The average molecular weight is 247 g/mol. The van der Waals surface area contributed by atoms with Gasteiger partial charge in [-0.1, -0.05) is 12.8 Å². The number of aromatic amines is 1. The van der Waals surface area contributed by atoms with Crippen LogP contribution in [0.25, 0.3) is 5.78 Å². The second-order valence-corrected chi connectivity index (χ2v) is 5.13. The van der Waals surface area contributed by atoms with Crippen molar-refractivity contribution >= 4 is 11.7 Å². The van der Waals surface area contributed by atoms with Crippen LogP contribution in [-0.2, 0) is 4.79 Å². The Morgan fingerprint density at radius 2 is 2.28 bits per heavy atom. The highest BCUT2D eigenvalue weighted by Gasteiger charge is 2.23. The Morgan fingerprint density at radius 3 is 2.94 bits per heavy atom. The van der Waals surface area contributed by atoms with Gasteiger partial charge in [0.2, 0.25) is 5.78 Å². The number of rotatable bonds is 3. The molecule has 3 rings (SSSR count). The monoisotopic (exact) mass is 247 g/mol. The maximum Gasteiger partial charge on any atom is 0.312 e. The minimum Gasteiger partial charge on any atom is -0.481 e. The van der Waals surface area contributed by atoms with Gasteiger partial charge in [0, 0.05) is 17.8 Å². The predicted molar refractivity (Wildman–Crippen MR) is 66.8 cm³/mol. The van der Waals surface area contributed by atoms with Crippen molar-refractivity contribution < 1.29 is 9.90 Å². The number of fused-ring (bicyclic) bond motifs is 1. The highest BCUT2D eigenvalue weighted by molar-refractivity contribution is 5.75. The number of aliphatic carboxylic acids is 1. The number of hydrogen-bond acceptors (Lipinski definition) is 2. The molecule has 18 heavy (non-hydrogen) atoms. The summed E-state index contributed by atoms with van der Waals surface area (Å²) in [6.07, 6.45) is 8.66. The van der Waals surface area contributed by atoms with Gasteiger partial charge in [0.1, 0.15) is 0 Å². The quantitative estimate of drug-likeness (QED) is 0.875. The molecular weight excluding hydrogens is 230 g/mol. The average Bonchev–Trinajstić information content (AvgIpc) is 3.03. The zero-order chi connectivity index (χ0) is 12.7. The van der Waals surface area contributed by atoms with Crippen molar-refractivity contribution in [3.8, 4) is 0 Å². The third kappa shape index (κ3) is 1.70. The van der Waals surface area contributed by atoms with E-state index in [2.05, 4.69) is 9.97 Å². The fourth-order valence-electron chi connectivity index (χ4n) is 2.79. The van der Waals surface area contributed by atoms with Crippen LogP contribution in [-0.4, -0.2) is 25.4 Å². The van der Waals surface area contributed by atoms with Crippen LogP contribution in [0.4, 0.5) is 0 Å². The van der Waals surface area contributed by atoms with E-state index in [1.54, 1.807) is 13.1 Å². The van der Waals surface area contributed by atoms with Gasteiger partial charge in [-0.15, -0.1) is 0 Å². The number of carboxylic acids is 1. The van der Waals surface area contributed by atoms with Gasteiger partial charge in [-0.05, 0) is 19.8 Å². The molecule has 5 heteroatoms. The van der Waals surface area contributed by atoms with Crippen LogP contribution in [0, 0.1) is 0 Å². The SMILES string of the molecule is CC(C(=O)O)c1cnc2[nH]c(C3CCCC3)cn12. The van der Waals surface area contributed by atoms with E-state index in [4.69, 9.17) is 5.11 Å². The smallest absolute Gasteiger partial charge is 0.312 e. The van der Waals surface area contributed by atoms with Gasteiger partial charge < -0.3 is 10.1 Å². The van der Waals surface area contributed by atoms with Crippen LogP contribution in [0.1, 0.15) is 55.8 Å². The first-order chi connectivity index (χ1) is 8.66. The van der Waals surface area contributed by atoms with Crippen LogP contribution in [0.2, 0.25) is 0 Å². The van der Waals surface area contributed by atoms with Crippen LogP contribution in [0.3, 0.4) is 0 Å². The molecule has 5 nitrogen and oxygen atoms in total. The van der Waals surface area contributed by atoms with Gasteiger partial charge >= 0.3 is 5.97 Å². The molecule has 1 aliphatic carbocycles. The molecule has 0 radical (unpaired) electrons. The fourth-order valence-corrected chi connectivity index (χ4v) is 2.79. The summed E-state index contributed by atoms with van der Waals surface area (Å²) < 4.78 is 1.88. The van der Waals surface area contributed by atoms with E-state index in [1.165, 1.54) is 31.4 Å². The van der Waals surface area contributed by atoms with Crippen molar-refractivity contribution in [3.05, 3.63) is 23.8 Å². The van der Waals surface area contributed by atoms with Gasteiger partial charge in [-0.2, -0.15) is 0 Å². The third-order valence-electron chi connectivity index (χ3n) is 3.96. The Bertz CT molecular complexity index is 578. The lowest BCUT2D eigenvalue weighted by Gasteiger charge is -2.05. The molecule has 0 saturated heterocycles. The molecule has 2 aromatic rings. The zero-order valence-corrected chi connectivity index (χ0v) is 10.4. The molecule has 0 bridgehead atoms. The molecule has 1 atom stereocenters. The maximum atomic E-state index is 11.1. The minimum absolute atomic E-state index is 0.535. The van der Waals surface area contributed by atoms with Crippen LogP contribution in [0.15, 0.2) is 12.4 Å². The van der Waals surface area contributed by atoms with Crippen molar-refractivity contribution in [2.24, 2.45) is 0 Å². The third-order valence-corrected chi connectivity index (χ3v) is 3.96. The van der Waals surface area contributed by atoms with Crippen molar-refractivity contribution in [1.82, 2.24) is 14.4 Å². The first kappa shape index (κ1) is 11.3. The molecule has 2 heterocycles. The van der Waals surface area contributed by atoms with Crippen LogP contribution < -0.4 is 0 Å². The lowest BCUT2D eigenvalue weighted by atomic mass is 10.1. The van der Waals surface area contributed by atoms with Crippen molar-refractivity contribution in [2.75, 3.05) is 0 Å². The molecule has 1 unspecified atom stereocenters. The lowest BCUT2D eigenvalue weighted by Crippen LogP contribution is -2.09. The summed E-state index contributed by atoms with van der Waals surface area (Å²) in [5, 5.41) is 9.08. The van der Waals surface area contributed by atoms with E-state index >= 15 is 0 Å². The number of carbonyl (C=O) groups is 1. The van der Waals surface area contributed by atoms with E-state index in [0.29, 0.717) is 5.92 Å². The highest BCUT2D eigenvalue weighted by atomic mass is 16.4. The number of carboxylic acid groups (broad SMARTS) is 1. The second-order valence-electron chi connectivity index (χ2n) is 5.13. The van der Waals surface area contributed by atoms with E-state index < -0.39 is 11.9 Å².